The van der Waals surface area contributed by atoms with Crippen molar-refractivity contribution in [1.82, 2.24) is 5.32 Å². The van der Waals surface area contributed by atoms with Crippen molar-refractivity contribution in [2.24, 2.45) is 11.8 Å². The molecule has 4 nitrogen and oxygen atoms in total. The van der Waals surface area contributed by atoms with Crippen molar-refractivity contribution < 1.29 is 14.7 Å². The maximum Gasteiger partial charge on any atom is 0.306 e. The quantitative estimate of drug-likeness (QED) is 0.775. The lowest BCUT2D eigenvalue weighted by atomic mass is 9.85. The van der Waals surface area contributed by atoms with Crippen molar-refractivity contribution in [2.45, 2.75) is 58.4 Å². The second kappa shape index (κ2) is 6.62. The Bertz CT molecular complexity index is 278. The lowest BCUT2D eigenvalue weighted by Gasteiger charge is -2.27. The van der Waals surface area contributed by atoms with Gasteiger partial charge in [0.1, 0.15) is 0 Å². The molecule has 3 atom stereocenters. The number of carbonyl (C=O) groups excluding carboxylic acids is 1. The molecular weight excluding hydrogens is 218 g/mol. The van der Waals surface area contributed by atoms with Crippen molar-refractivity contribution in [1.29, 1.82) is 0 Å². The van der Waals surface area contributed by atoms with Crippen LogP contribution in [0.5, 0.6) is 0 Å². The third-order valence-electron chi connectivity index (χ3n) is 3.62. The van der Waals surface area contributed by atoms with Crippen molar-refractivity contribution in [3.63, 3.8) is 0 Å². The Labute approximate surface area is 103 Å². The van der Waals surface area contributed by atoms with E-state index in [1.54, 1.807) is 0 Å². The van der Waals surface area contributed by atoms with Crippen LogP contribution >= 0.6 is 0 Å². The van der Waals surface area contributed by atoms with Gasteiger partial charge in [0.15, 0.2) is 0 Å². The molecule has 0 heterocycles. The van der Waals surface area contributed by atoms with Gasteiger partial charge >= 0.3 is 5.97 Å². The van der Waals surface area contributed by atoms with E-state index in [0.29, 0.717) is 18.8 Å². The van der Waals surface area contributed by atoms with Gasteiger partial charge in [0.2, 0.25) is 5.91 Å². The minimum absolute atomic E-state index is 0.0569. The predicted molar refractivity (Wildman–Crippen MR) is 65.6 cm³/mol. The summed E-state index contributed by atoms with van der Waals surface area (Å²) in [5.74, 6) is -0.548. The smallest absolute Gasteiger partial charge is 0.306 e. The maximum atomic E-state index is 11.7. The number of amides is 1. The SMILES string of the molecule is CCC(C)CC(=O)NC1CCCC(C(=O)O)C1. The summed E-state index contributed by atoms with van der Waals surface area (Å²) >= 11 is 0. The highest BCUT2D eigenvalue weighted by atomic mass is 16.4. The van der Waals surface area contributed by atoms with E-state index in [1.165, 1.54) is 0 Å². The molecule has 0 bridgehead atoms. The lowest BCUT2D eigenvalue weighted by molar-refractivity contribution is -0.143. The van der Waals surface area contributed by atoms with E-state index in [4.69, 9.17) is 5.11 Å². The predicted octanol–water partition coefficient (Wildman–Crippen LogP) is 2.18. The van der Waals surface area contributed by atoms with Gasteiger partial charge in [-0.1, -0.05) is 26.7 Å². The van der Waals surface area contributed by atoms with Crippen LogP contribution in [0.25, 0.3) is 0 Å². The number of hydrogen-bond acceptors (Lipinski definition) is 2. The van der Waals surface area contributed by atoms with Crippen LogP contribution in [-0.4, -0.2) is 23.0 Å². The molecule has 98 valence electrons. The van der Waals surface area contributed by atoms with E-state index >= 15 is 0 Å². The molecule has 1 amide bonds. The Kier molecular flexibility index (Phi) is 5.45. The summed E-state index contributed by atoms with van der Waals surface area (Å²) in [5.41, 5.74) is 0. The second-order valence-electron chi connectivity index (χ2n) is 5.18. The summed E-state index contributed by atoms with van der Waals surface area (Å²) in [6.45, 7) is 4.12. The third-order valence-corrected chi connectivity index (χ3v) is 3.62. The normalized spacial score (nSPS) is 26.2. The first-order valence-corrected chi connectivity index (χ1v) is 6.55. The minimum Gasteiger partial charge on any atom is -0.481 e. The monoisotopic (exact) mass is 241 g/mol. The van der Waals surface area contributed by atoms with E-state index in [-0.39, 0.29) is 17.9 Å². The van der Waals surface area contributed by atoms with Crippen molar-refractivity contribution in [3.8, 4) is 0 Å². The van der Waals surface area contributed by atoms with E-state index in [2.05, 4.69) is 19.2 Å². The second-order valence-corrected chi connectivity index (χ2v) is 5.18. The Morgan fingerprint density at radius 1 is 1.41 bits per heavy atom. The number of hydrogen-bond donors (Lipinski definition) is 2. The summed E-state index contributed by atoms with van der Waals surface area (Å²) < 4.78 is 0. The third kappa shape index (κ3) is 4.75. The molecule has 1 fully saturated rings. The zero-order chi connectivity index (χ0) is 12.8. The molecule has 17 heavy (non-hydrogen) atoms. The molecule has 0 aromatic heterocycles. The van der Waals surface area contributed by atoms with E-state index < -0.39 is 5.97 Å². The Hall–Kier alpha value is -1.06. The molecule has 1 aliphatic rings. The zero-order valence-corrected chi connectivity index (χ0v) is 10.7. The molecule has 0 radical (unpaired) electrons. The Morgan fingerprint density at radius 2 is 2.12 bits per heavy atom. The van der Waals surface area contributed by atoms with Gasteiger partial charge < -0.3 is 10.4 Å². The van der Waals surface area contributed by atoms with Crippen LogP contribution in [0.2, 0.25) is 0 Å². The van der Waals surface area contributed by atoms with Crippen LogP contribution in [0, 0.1) is 11.8 Å². The van der Waals surface area contributed by atoms with Gasteiger partial charge in [-0.05, 0) is 25.2 Å². The van der Waals surface area contributed by atoms with Crippen LogP contribution in [0.1, 0.15) is 52.4 Å². The lowest BCUT2D eigenvalue weighted by Crippen LogP contribution is -2.40. The fourth-order valence-corrected chi connectivity index (χ4v) is 2.29. The first-order chi connectivity index (χ1) is 8.02. The van der Waals surface area contributed by atoms with Crippen LogP contribution in [-0.2, 0) is 9.59 Å². The maximum absolute atomic E-state index is 11.7. The number of carbonyl (C=O) groups is 2. The van der Waals surface area contributed by atoms with Crippen molar-refractivity contribution in [2.75, 3.05) is 0 Å². The first-order valence-electron chi connectivity index (χ1n) is 6.55. The van der Waals surface area contributed by atoms with E-state index in [9.17, 15) is 9.59 Å². The highest BCUT2D eigenvalue weighted by Crippen LogP contribution is 2.24. The molecule has 1 aliphatic carbocycles. The molecule has 3 unspecified atom stereocenters. The van der Waals surface area contributed by atoms with Crippen LogP contribution in [0.3, 0.4) is 0 Å². The van der Waals surface area contributed by atoms with E-state index in [1.807, 2.05) is 0 Å². The highest BCUT2D eigenvalue weighted by molar-refractivity contribution is 5.76. The Balaban J connectivity index is 2.35. The van der Waals surface area contributed by atoms with Crippen LogP contribution in [0.15, 0.2) is 0 Å². The van der Waals surface area contributed by atoms with Gasteiger partial charge in [-0.2, -0.15) is 0 Å². The van der Waals surface area contributed by atoms with E-state index in [0.717, 1.165) is 25.7 Å². The van der Waals surface area contributed by atoms with Gasteiger partial charge in [-0.25, -0.2) is 0 Å². The fraction of sp³-hybridized carbons (Fsp3) is 0.846. The standard InChI is InChI=1S/C13H23NO3/c1-3-9(2)7-12(15)14-11-6-4-5-10(8-11)13(16)17/h9-11H,3-8H2,1-2H3,(H,14,15)(H,16,17). The average molecular weight is 241 g/mol. The Morgan fingerprint density at radius 3 is 2.71 bits per heavy atom. The molecule has 0 spiro atoms. The van der Waals surface area contributed by atoms with Gasteiger partial charge in [-0.3, -0.25) is 9.59 Å². The minimum atomic E-state index is -0.731. The number of carboxylic acid groups (broad SMARTS) is 1. The summed E-state index contributed by atoms with van der Waals surface area (Å²) in [6.07, 6.45) is 4.68. The number of nitrogens with one attached hydrogen (secondary N) is 1. The molecule has 1 saturated carbocycles. The molecule has 0 aliphatic heterocycles. The molecule has 1 rings (SSSR count). The molecule has 0 saturated heterocycles. The summed E-state index contributed by atoms with van der Waals surface area (Å²) in [4.78, 5) is 22.6. The van der Waals surface area contributed by atoms with Crippen molar-refractivity contribution in [3.05, 3.63) is 0 Å². The topological polar surface area (TPSA) is 66.4 Å². The summed E-state index contributed by atoms with van der Waals surface area (Å²) in [6, 6.07) is 0.0569. The average Bonchev–Trinajstić information content (AvgIpc) is 2.28. The summed E-state index contributed by atoms with van der Waals surface area (Å²) in [5, 5.41) is 11.9. The first kappa shape index (κ1) is 14.0. The summed E-state index contributed by atoms with van der Waals surface area (Å²) in [7, 11) is 0. The fourth-order valence-electron chi connectivity index (χ4n) is 2.29. The number of aliphatic carboxylic acids is 1. The molecule has 4 heteroatoms. The molecule has 0 aromatic carbocycles. The molecule has 0 aromatic rings. The van der Waals surface area contributed by atoms with Gasteiger partial charge in [0.05, 0.1) is 5.92 Å². The largest absolute Gasteiger partial charge is 0.481 e. The van der Waals surface area contributed by atoms with Crippen molar-refractivity contribution >= 4 is 11.9 Å². The highest BCUT2D eigenvalue weighted by Gasteiger charge is 2.27. The van der Waals surface area contributed by atoms with Gasteiger partial charge in [0, 0.05) is 12.5 Å². The number of carboxylic acids is 1. The van der Waals surface area contributed by atoms with Gasteiger partial charge in [0.25, 0.3) is 0 Å². The molecular formula is C13H23NO3. The molecule has 2 N–H and O–H groups in total. The number of rotatable bonds is 5. The van der Waals surface area contributed by atoms with Gasteiger partial charge in [-0.15, -0.1) is 0 Å². The zero-order valence-electron chi connectivity index (χ0n) is 10.7. The van der Waals surface area contributed by atoms with Crippen LogP contribution < -0.4 is 5.32 Å². The van der Waals surface area contributed by atoms with Crippen LogP contribution in [0.4, 0.5) is 0 Å².